The van der Waals surface area contributed by atoms with Crippen LogP contribution in [0.3, 0.4) is 0 Å². The maximum absolute atomic E-state index is 12.1. The van der Waals surface area contributed by atoms with Gasteiger partial charge in [0.25, 0.3) is 0 Å². The minimum Gasteiger partial charge on any atom is -0.341 e. The van der Waals surface area contributed by atoms with Gasteiger partial charge in [0.1, 0.15) is 0 Å². The van der Waals surface area contributed by atoms with Gasteiger partial charge in [-0.15, -0.1) is 0 Å². The number of piperidine rings is 1. The van der Waals surface area contributed by atoms with E-state index >= 15 is 0 Å². The highest BCUT2D eigenvalue weighted by Crippen LogP contribution is 2.24. The van der Waals surface area contributed by atoms with Crippen LogP contribution in [0.25, 0.3) is 0 Å². The molecule has 0 saturated carbocycles. The number of hydrogen-bond donors (Lipinski definition) is 1. The van der Waals surface area contributed by atoms with Crippen LogP contribution in [0.4, 0.5) is 0 Å². The fourth-order valence-corrected chi connectivity index (χ4v) is 2.63. The first-order valence-electron chi connectivity index (χ1n) is 6.96. The van der Waals surface area contributed by atoms with Gasteiger partial charge in [0.15, 0.2) is 0 Å². The number of carbonyl (C=O) groups is 1. The third kappa shape index (κ3) is 4.30. The molecule has 17 heavy (non-hydrogen) atoms. The molecule has 1 aliphatic rings. The van der Waals surface area contributed by atoms with Crippen molar-refractivity contribution in [3.63, 3.8) is 0 Å². The Kier molecular flexibility index (Phi) is 5.44. The van der Waals surface area contributed by atoms with Crippen LogP contribution in [-0.2, 0) is 4.79 Å². The molecule has 100 valence electrons. The minimum absolute atomic E-state index is 0.154. The van der Waals surface area contributed by atoms with E-state index in [0.717, 1.165) is 44.2 Å². The van der Waals surface area contributed by atoms with Crippen molar-refractivity contribution in [3.8, 4) is 0 Å². The lowest BCUT2D eigenvalue weighted by Crippen LogP contribution is -2.48. The second kappa shape index (κ2) is 6.39. The molecule has 0 bridgehead atoms. The van der Waals surface area contributed by atoms with Crippen LogP contribution in [-0.4, -0.2) is 29.9 Å². The number of rotatable bonds is 4. The van der Waals surface area contributed by atoms with Gasteiger partial charge in [-0.05, 0) is 37.0 Å². The quantitative estimate of drug-likeness (QED) is 0.819. The summed E-state index contributed by atoms with van der Waals surface area (Å²) in [5.41, 5.74) is 5.95. The highest BCUT2D eigenvalue weighted by Gasteiger charge is 2.27. The molecule has 0 spiro atoms. The lowest BCUT2D eigenvalue weighted by Gasteiger charge is -2.35. The molecule has 1 fully saturated rings. The number of carbonyl (C=O) groups excluding carboxylic acids is 1. The maximum atomic E-state index is 12.1. The Morgan fingerprint density at radius 1 is 1.24 bits per heavy atom. The van der Waals surface area contributed by atoms with Gasteiger partial charge < -0.3 is 10.6 Å². The van der Waals surface area contributed by atoms with E-state index < -0.39 is 0 Å². The summed E-state index contributed by atoms with van der Waals surface area (Å²) in [5.74, 6) is 2.15. The number of hydrogen-bond acceptors (Lipinski definition) is 2. The number of likely N-dealkylation sites (tertiary alicyclic amines) is 1. The Labute approximate surface area is 106 Å². The van der Waals surface area contributed by atoms with E-state index in [1.165, 1.54) is 0 Å². The van der Waals surface area contributed by atoms with Crippen molar-refractivity contribution in [2.24, 2.45) is 23.5 Å². The van der Waals surface area contributed by atoms with Crippen molar-refractivity contribution in [3.05, 3.63) is 0 Å². The van der Waals surface area contributed by atoms with Crippen molar-refractivity contribution in [1.29, 1.82) is 0 Å². The van der Waals surface area contributed by atoms with Gasteiger partial charge in [0.2, 0.25) is 5.91 Å². The second-order valence-corrected chi connectivity index (χ2v) is 6.14. The summed E-state index contributed by atoms with van der Waals surface area (Å²) >= 11 is 0. The molecule has 1 saturated heterocycles. The Bertz CT molecular complexity index is 243. The molecule has 1 heterocycles. The van der Waals surface area contributed by atoms with E-state index in [1.54, 1.807) is 0 Å². The third-order valence-corrected chi connectivity index (χ3v) is 3.84. The summed E-state index contributed by atoms with van der Waals surface area (Å²) in [6.07, 6.45) is 3.07. The third-order valence-electron chi connectivity index (χ3n) is 3.84. The first kappa shape index (κ1) is 14.5. The Morgan fingerprint density at radius 3 is 2.18 bits per heavy atom. The zero-order chi connectivity index (χ0) is 13.0. The molecule has 1 aliphatic heterocycles. The predicted octanol–water partition coefficient (Wildman–Crippen LogP) is 2.25. The highest BCUT2D eigenvalue weighted by atomic mass is 16.2. The minimum atomic E-state index is -0.300. The van der Waals surface area contributed by atoms with Crippen LogP contribution in [0.2, 0.25) is 0 Å². The Hall–Kier alpha value is -0.570. The predicted molar refractivity (Wildman–Crippen MR) is 71.6 cm³/mol. The Morgan fingerprint density at radius 2 is 1.76 bits per heavy atom. The zero-order valence-electron chi connectivity index (χ0n) is 11.8. The number of amides is 1. The zero-order valence-corrected chi connectivity index (χ0v) is 11.8. The van der Waals surface area contributed by atoms with Gasteiger partial charge in [-0.2, -0.15) is 0 Å². The molecule has 1 rings (SSSR count). The van der Waals surface area contributed by atoms with E-state index in [-0.39, 0.29) is 11.9 Å². The molecule has 0 aromatic rings. The summed E-state index contributed by atoms with van der Waals surface area (Å²) in [6.45, 7) is 10.6. The van der Waals surface area contributed by atoms with Crippen LogP contribution in [0.15, 0.2) is 0 Å². The standard InChI is InChI=1S/C14H28N2O/c1-10(2)9-13(15)14(17)16-7-5-12(6-8-16)11(3)4/h10-13H,5-9,15H2,1-4H3/t13-/m0/s1. The van der Waals surface area contributed by atoms with Gasteiger partial charge in [-0.1, -0.05) is 27.7 Å². The van der Waals surface area contributed by atoms with Crippen molar-refractivity contribution in [1.82, 2.24) is 4.90 Å². The monoisotopic (exact) mass is 240 g/mol. The molecule has 1 amide bonds. The van der Waals surface area contributed by atoms with Crippen LogP contribution < -0.4 is 5.73 Å². The smallest absolute Gasteiger partial charge is 0.239 e. The van der Waals surface area contributed by atoms with Gasteiger partial charge in [-0.25, -0.2) is 0 Å². The first-order valence-corrected chi connectivity index (χ1v) is 6.96. The molecule has 0 unspecified atom stereocenters. The number of nitrogens with zero attached hydrogens (tertiary/aromatic N) is 1. The maximum Gasteiger partial charge on any atom is 0.239 e. The van der Waals surface area contributed by atoms with Crippen LogP contribution in [0.5, 0.6) is 0 Å². The van der Waals surface area contributed by atoms with Crippen molar-refractivity contribution in [2.45, 2.75) is 53.0 Å². The Balaban J connectivity index is 2.40. The lowest BCUT2D eigenvalue weighted by atomic mass is 9.86. The van der Waals surface area contributed by atoms with E-state index in [2.05, 4.69) is 27.7 Å². The average molecular weight is 240 g/mol. The molecule has 3 heteroatoms. The van der Waals surface area contributed by atoms with Gasteiger partial charge >= 0.3 is 0 Å². The highest BCUT2D eigenvalue weighted by molar-refractivity contribution is 5.81. The fraction of sp³-hybridized carbons (Fsp3) is 0.929. The molecule has 0 aliphatic carbocycles. The number of nitrogens with two attached hydrogens (primary N) is 1. The van der Waals surface area contributed by atoms with E-state index in [0.29, 0.717) is 5.92 Å². The average Bonchev–Trinajstić information content (AvgIpc) is 2.27. The van der Waals surface area contributed by atoms with Crippen LogP contribution in [0, 0.1) is 17.8 Å². The summed E-state index contributed by atoms with van der Waals surface area (Å²) < 4.78 is 0. The summed E-state index contributed by atoms with van der Waals surface area (Å²) in [7, 11) is 0. The molecule has 1 atom stereocenters. The van der Waals surface area contributed by atoms with E-state index in [4.69, 9.17) is 5.73 Å². The van der Waals surface area contributed by atoms with Gasteiger partial charge in [0.05, 0.1) is 6.04 Å². The lowest BCUT2D eigenvalue weighted by molar-refractivity contribution is -0.134. The summed E-state index contributed by atoms with van der Waals surface area (Å²) in [4.78, 5) is 14.1. The van der Waals surface area contributed by atoms with E-state index in [9.17, 15) is 4.79 Å². The molecule has 0 radical (unpaired) electrons. The van der Waals surface area contributed by atoms with Crippen molar-refractivity contribution < 1.29 is 4.79 Å². The topological polar surface area (TPSA) is 46.3 Å². The van der Waals surface area contributed by atoms with Gasteiger partial charge in [0, 0.05) is 13.1 Å². The SMILES string of the molecule is CC(C)C[C@H](N)C(=O)N1CCC(C(C)C)CC1. The summed E-state index contributed by atoms with van der Waals surface area (Å²) in [5, 5.41) is 0. The molecule has 2 N–H and O–H groups in total. The normalized spacial score (nSPS) is 20.1. The van der Waals surface area contributed by atoms with Crippen LogP contribution in [0.1, 0.15) is 47.0 Å². The molecule has 0 aromatic carbocycles. The largest absolute Gasteiger partial charge is 0.341 e. The van der Waals surface area contributed by atoms with Gasteiger partial charge in [-0.3, -0.25) is 4.79 Å². The van der Waals surface area contributed by atoms with Crippen molar-refractivity contribution >= 4 is 5.91 Å². The first-order chi connectivity index (χ1) is 7.91. The molecular weight excluding hydrogens is 212 g/mol. The molecular formula is C14H28N2O. The van der Waals surface area contributed by atoms with E-state index in [1.807, 2.05) is 4.90 Å². The molecule has 0 aromatic heterocycles. The summed E-state index contributed by atoms with van der Waals surface area (Å²) in [6, 6.07) is -0.300. The fourth-order valence-electron chi connectivity index (χ4n) is 2.63. The van der Waals surface area contributed by atoms with Crippen molar-refractivity contribution in [2.75, 3.05) is 13.1 Å². The molecule has 3 nitrogen and oxygen atoms in total. The van der Waals surface area contributed by atoms with Crippen LogP contribution >= 0.6 is 0 Å². The second-order valence-electron chi connectivity index (χ2n) is 6.14.